The zero-order valence-corrected chi connectivity index (χ0v) is 36.9. The van der Waals surface area contributed by atoms with E-state index in [1.54, 1.807) is 6.08 Å². The molecule has 0 aliphatic carbocycles. The number of carbonyl (C=O) groups is 1. The molecule has 0 radical (unpaired) electrons. The summed E-state index contributed by atoms with van der Waals surface area (Å²) in [6.45, 7) is 18.4. The van der Waals surface area contributed by atoms with Gasteiger partial charge in [-0.15, -0.1) is 0 Å². The van der Waals surface area contributed by atoms with Crippen LogP contribution in [0.1, 0.15) is 119 Å². The second kappa shape index (κ2) is 16.3. The number of piperidine rings is 1. The molecule has 14 heteroatoms. The third-order valence-electron chi connectivity index (χ3n) is 16.0. The number of carboxylic acids is 1. The van der Waals surface area contributed by atoms with Gasteiger partial charge in [-0.1, -0.05) is 72.4 Å². The van der Waals surface area contributed by atoms with Crippen LogP contribution in [-0.4, -0.2) is 123 Å². The summed E-state index contributed by atoms with van der Waals surface area (Å²) in [7, 11) is 0. The van der Waals surface area contributed by atoms with Gasteiger partial charge in [0.15, 0.2) is 23.1 Å². The summed E-state index contributed by atoms with van der Waals surface area (Å²) in [5.74, 6) is -4.82. The van der Waals surface area contributed by atoms with E-state index < -0.39 is 65.4 Å². The average molecular weight is 858 g/mol. The molecule has 9 aliphatic heterocycles. The van der Waals surface area contributed by atoms with Crippen molar-refractivity contribution in [2.45, 2.75) is 209 Å². The summed E-state index contributed by atoms with van der Waals surface area (Å²) < 4.78 is 54.0. The molecule has 0 saturated carbocycles. The van der Waals surface area contributed by atoms with Crippen LogP contribution in [0.25, 0.3) is 0 Å². The maximum atomic E-state index is 12.4. The van der Waals surface area contributed by atoms with Crippen LogP contribution in [0.5, 0.6) is 0 Å². The van der Waals surface area contributed by atoms with Gasteiger partial charge in [-0.05, 0) is 54.9 Å². The molecule has 342 valence electrons. The van der Waals surface area contributed by atoms with Crippen molar-refractivity contribution < 1.29 is 63.1 Å². The minimum Gasteiger partial charge on any atom is -0.481 e. The normalized spacial score (nSPS) is 52.7. The van der Waals surface area contributed by atoms with Gasteiger partial charge in [-0.2, -0.15) is 0 Å². The third-order valence-corrected chi connectivity index (χ3v) is 16.0. The van der Waals surface area contributed by atoms with E-state index in [0.29, 0.717) is 62.7 Å². The average Bonchev–Trinajstić information content (AvgIpc) is 3.87. The Morgan fingerprint density at radius 3 is 2.41 bits per heavy atom. The topological polar surface area (TPSA) is 184 Å². The molecule has 0 amide bonds. The van der Waals surface area contributed by atoms with Crippen molar-refractivity contribution in [3.8, 4) is 0 Å². The van der Waals surface area contributed by atoms with Gasteiger partial charge in [0.2, 0.25) is 0 Å². The lowest BCUT2D eigenvalue weighted by atomic mass is 9.76. The molecule has 0 aromatic rings. The van der Waals surface area contributed by atoms with Crippen LogP contribution in [0.4, 0.5) is 0 Å². The van der Waals surface area contributed by atoms with Crippen LogP contribution in [0.3, 0.4) is 0 Å². The van der Waals surface area contributed by atoms with Gasteiger partial charge < -0.3 is 58.3 Å². The minimum absolute atomic E-state index is 0.0246. The first-order valence-corrected chi connectivity index (χ1v) is 23.3. The van der Waals surface area contributed by atoms with Gasteiger partial charge in [0, 0.05) is 63.3 Å². The molecule has 21 unspecified atom stereocenters. The van der Waals surface area contributed by atoms with E-state index in [2.05, 4.69) is 46.5 Å². The highest BCUT2D eigenvalue weighted by Gasteiger charge is 2.64. The summed E-state index contributed by atoms with van der Waals surface area (Å²) in [4.78, 5) is 11.0. The number of aliphatic carboxylic acids is 1. The van der Waals surface area contributed by atoms with E-state index in [9.17, 15) is 20.1 Å². The third kappa shape index (κ3) is 8.15. The predicted molar refractivity (Wildman–Crippen MR) is 220 cm³/mol. The molecule has 5 N–H and O–H groups in total. The fraction of sp³-hybridized carbons (Fsp3) is 0.851. The van der Waals surface area contributed by atoms with Crippen molar-refractivity contribution in [3.63, 3.8) is 0 Å². The van der Waals surface area contributed by atoms with Crippen LogP contribution < -0.4 is 5.32 Å². The number of rotatable bonds is 9. The Labute approximate surface area is 360 Å². The molecule has 0 aromatic heterocycles. The molecule has 8 saturated heterocycles. The number of hydrogen-bond donors (Lipinski definition) is 5. The largest absolute Gasteiger partial charge is 0.481 e. The summed E-state index contributed by atoms with van der Waals surface area (Å²) in [5.41, 5.74) is 0.370. The molecule has 9 aliphatic rings. The van der Waals surface area contributed by atoms with Crippen molar-refractivity contribution in [3.05, 3.63) is 36.5 Å². The van der Waals surface area contributed by atoms with Gasteiger partial charge in [-0.25, -0.2) is 0 Å². The van der Waals surface area contributed by atoms with Gasteiger partial charge in [0.25, 0.3) is 0 Å². The maximum Gasteiger partial charge on any atom is 0.306 e. The number of aliphatic hydroxyl groups is 3. The number of aliphatic hydroxyl groups excluding tert-OH is 2. The molecular weight excluding hydrogens is 787 g/mol. The monoisotopic (exact) mass is 857 g/mol. The highest BCUT2D eigenvalue weighted by atomic mass is 16.8. The Balaban J connectivity index is 0.845. The van der Waals surface area contributed by atoms with Crippen LogP contribution in [0.2, 0.25) is 0 Å². The minimum atomic E-state index is -1.90. The van der Waals surface area contributed by atoms with Crippen molar-refractivity contribution in [2.24, 2.45) is 35.5 Å². The number of carboxylic acid groups (broad SMARTS) is 1. The predicted octanol–water partition coefficient (Wildman–Crippen LogP) is 5.23. The quantitative estimate of drug-likeness (QED) is 0.190. The highest BCUT2D eigenvalue weighted by molar-refractivity contribution is 5.67. The van der Waals surface area contributed by atoms with Crippen LogP contribution in [-0.2, 0) is 42.7 Å². The fourth-order valence-corrected chi connectivity index (χ4v) is 12.9. The number of hydrogen-bond acceptors (Lipinski definition) is 13. The zero-order chi connectivity index (χ0) is 43.3. The van der Waals surface area contributed by atoms with Gasteiger partial charge in [0.1, 0.15) is 17.9 Å². The molecule has 8 fully saturated rings. The lowest BCUT2D eigenvalue weighted by Crippen LogP contribution is -2.62. The first-order valence-electron chi connectivity index (χ1n) is 23.3. The lowest BCUT2D eigenvalue weighted by Gasteiger charge is -2.53. The molecule has 3 spiro atoms. The molecular formula is C47H71NO13. The van der Waals surface area contributed by atoms with E-state index in [1.165, 1.54) is 6.08 Å². The summed E-state index contributed by atoms with van der Waals surface area (Å²) in [5, 5.41) is 47.3. The van der Waals surface area contributed by atoms with Gasteiger partial charge in [-0.3, -0.25) is 10.1 Å². The van der Waals surface area contributed by atoms with Gasteiger partial charge >= 0.3 is 5.97 Å². The van der Waals surface area contributed by atoms with Crippen LogP contribution >= 0.6 is 0 Å². The van der Waals surface area contributed by atoms with Gasteiger partial charge in [0.05, 0.1) is 55.3 Å². The van der Waals surface area contributed by atoms with Crippen molar-refractivity contribution >= 4 is 5.97 Å². The zero-order valence-electron chi connectivity index (χ0n) is 36.9. The lowest BCUT2D eigenvalue weighted by molar-refractivity contribution is -0.367. The Hall–Kier alpha value is -1.79. The Bertz CT molecular complexity index is 1730. The smallest absolute Gasteiger partial charge is 0.306 e. The molecule has 61 heavy (non-hydrogen) atoms. The van der Waals surface area contributed by atoms with Crippen molar-refractivity contribution in [1.82, 2.24) is 5.32 Å². The standard InChI is InChI=1S/C47H71NO13/c1-25-16-36-41-38(23-45(59-41)29(5)15-26(2)24-48-45)57-44(21-25,56-36)22-28(4)40-27(3)17-31(7)47(53,60-40)42(52)37-20-35-34(54-37)18-30(6)46(58-35)14-13-43(61-46)12-8-9-33(55-43)11-10-32(49)19-39(50)51/h8-11,25-27,29-38,40-42,48-49,52-53H,4,12-24H2,1-3,5-7H3,(H,50,51). The summed E-state index contributed by atoms with van der Waals surface area (Å²) in [6, 6.07) is 0. The van der Waals surface area contributed by atoms with E-state index in [0.717, 1.165) is 37.8 Å². The molecule has 14 nitrogen and oxygen atoms in total. The Morgan fingerprint density at radius 2 is 1.64 bits per heavy atom. The molecule has 9 rings (SSSR count). The van der Waals surface area contributed by atoms with Crippen LogP contribution in [0.15, 0.2) is 36.5 Å². The number of nitrogens with one attached hydrogen (secondary N) is 1. The first kappa shape index (κ1) is 44.4. The van der Waals surface area contributed by atoms with E-state index in [4.69, 9.17) is 43.0 Å². The van der Waals surface area contributed by atoms with E-state index in [-0.39, 0.29) is 54.7 Å². The maximum absolute atomic E-state index is 12.4. The summed E-state index contributed by atoms with van der Waals surface area (Å²) in [6.07, 6.45) is 8.58. The Morgan fingerprint density at radius 1 is 0.852 bits per heavy atom. The molecule has 9 heterocycles. The Kier molecular flexibility index (Phi) is 11.8. The van der Waals surface area contributed by atoms with Crippen molar-refractivity contribution in [2.75, 3.05) is 6.54 Å². The molecule has 21 atom stereocenters. The SMILES string of the molecule is C=C(CC12CC(C)CC(O1)C1OC3(CC1O2)NCC(C)CC3C)C1OC(O)(C(O)C2CC3OC4(CCC5(CC=CC(C=CC(O)CC(=O)O)O5)O4)C(C)CC3O2)C(C)CC1C. The fourth-order valence-electron chi connectivity index (χ4n) is 12.9. The number of fused-ring (bicyclic) bond motifs is 5. The van der Waals surface area contributed by atoms with E-state index in [1.807, 2.05) is 19.1 Å². The summed E-state index contributed by atoms with van der Waals surface area (Å²) >= 11 is 0. The van der Waals surface area contributed by atoms with E-state index >= 15 is 0 Å². The molecule has 2 bridgehead atoms. The second-order valence-electron chi connectivity index (χ2n) is 21.1. The van der Waals surface area contributed by atoms with Crippen molar-refractivity contribution in [1.29, 1.82) is 0 Å². The number of ether oxygens (including phenoxy) is 8. The highest BCUT2D eigenvalue weighted by Crippen LogP contribution is 2.56. The van der Waals surface area contributed by atoms with Crippen LogP contribution in [0, 0.1) is 35.5 Å². The first-order chi connectivity index (χ1) is 28.8. The second-order valence-corrected chi connectivity index (χ2v) is 21.1. The molecule has 0 aromatic carbocycles.